The van der Waals surface area contributed by atoms with Gasteiger partial charge in [0.25, 0.3) is 0 Å². The highest BCUT2D eigenvalue weighted by Gasteiger charge is 2.10. The highest BCUT2D eigenvalue weighted by molar-refractivity contribution is 7.13. The Morgan fingerprint density at radius 2 is 1.56 bits per heavy atom. The molecule has 0 radical (unpaired) electrons. The lowest BCUT2D eigenvalue weighted by atomic mass is 10.2. The maximum atomic E-state index is 12.5. The normalized spacial score (nSPS) is 10.4. The Morgan fingerprint density at radius 1 is 0.875 bits per heavy atom. The fourth-order valence-electron chi connectivity index (χ4n) is 3.06. The third-order valence-corrected chi connectivity index (χ3v) is 5.61. The van der Waals surface area contributed by atoms with Crippen molar-refractivity contribution in [1.82, 2.24) is 4.98 Å². The number of hydrogen-bond donors (Lipinski definition) is 1. The van der Waals surface area contributed by atoms with Crippen LogP contribution in [0.3, 0.4) is 0 Å². The van der Waals surface area contributed by atoms with Crippen LogP contribution in [-0.4, -0.2) is 25.1 Å². The van der Waals surface area contributed by atoms with Gasteiger partial charge in [0.1, 0.15) is 16.5 Å². The molecule has 1 amide bonds. The number of amides is 1. The minimum Gasteiger partial charge on any atom is -0.497 e. The SMILES string of the molecule is COc1ccc(-c2nc(CC(=O)Nc3ccc(Oc4ccccc4OC)cc3)cs2)cc1. The topological polar surface area (TPSA) is 69.7 Å². The standard InChI is InChI=1S/C25H22N2O4S/c1-29-20-11-7-17(8-12-20)25-27-19(16-32-25)15-24(28)26-18-9-13-21(14-10-18)31-23-6-4-3-5-22(23)30-2/h3-14,16H,15H2,1-2H3,(H,26,28). The monoisotopic (exact) mass is 446 g/mol. The number of anilines is 1. The number of carbonyl (C=O) groups is 1. The summed E-state index contributed by atoms with van der Waals surface area (Å²) in [6, 6.07) is 22.3. The number of carbonyl (C=O) groups excluding carboxylic acids is 1. The van der Waals surface area contributed by atoms with Crippen LogP contribution in [0, 0.1) is 0 Å². The number of methoxy groups -OCH3 is 2. The van der Waals surface area contributed by atoms with Gasteiger partial charge in [0.2, 0.25) is 5.91 Å². The van der Waals surface area contributed by atoms with Crippen molar-refractivity contribution in [2.24, 2.45) is 0 Å². The smallest absolute Gasteiger partial charge is 0.230 e. The molecule has 0 unspecified atom stereocenters. The van der Waals surface area contributed by atoms with Crippen molar-refractivity contribution in [1.29, 1.82) is 0 Å². The second-order valence-electron chi connectivity index (χ2n) is 6.87. The summed E-state index contributed by atoms with van der Waals surface area (Å²) >= 11 is 1.51. The first-order valence-electron chi connectivity index (χ1n) is 9.94. The zero-order chi connectivity index (χ0) is 22.3. The highest BCUT2D eigenvalue weighted by Crippen LogP contribution is 2.31. The van der Waals surface area contributed by atoms with Crippen molar-refractivity contribution in [3.8, 4) is 33.6 Å². The number of benzene rings is 3. The fraction of sp³-hybridized carbons (Fsp3) is 0.120. The van der Waals surface area contributed by atoms with Crippen LogP contribution in [0.5, 0.6) is 23.0 Å². The van der Waals surface area contributed by atoms with Crippen molar-refractivity contribution in [2.45, 2.75) is 6.42 Å². The van der Waals surface area contributed by atoms with E-state index in [1.165, 1.54) is 11.3 Å². The number of ether oxygens (including phenoxy) is 3. The zero-order valence-corrected chi connectivity index (χ0v) is 18.5. The second kappa shape index (κ2) is 9.98. The molecule has 32 heavy (non-hydrogen) atoms. The molecule has 0 atom stereocenters. The van der Waals surface area contributed by atoms with Gasteiger partial charge in [0.15, 0.2) is 11.5 Å². The molecule has 0 aliphatic carbocycles. The molecule has 6 nitrogen and oxygen atoms in total. The lowest BCUT2D eigenvalue weighted by Crippen LogP contribution is -2.14. The third-order valence-electron chi connectivity index (χ3n) is 4.67. The van der Waals surface area contributed by atoms with Gasteiger partial charge in [-0.3, -0.25) is 4.79 Å². The average molecular weight is 447 g/mol. The molecule has 0 aliphatic rings. The van der Waals surface area contributed by atoms with Crippen molar-refractivity contribution in [3.63, 3.8) is 0 Å². The van der Waals surface area contributed by atoms with Crippen LogP contribution in [0.2, 0.25) is 0 Å². The number of thiazole rings is 1. The summed E-state index contributed by atoms with van der Waals surface area (Å²) in [6.45, 7) is 0. The van der Waals surface area contributed by atoms with Gasteiger partial charge < -0.3 is 19.5 Å². The van der Waals surface area contributed by atoms with E-state index < -0.39 is 0 Å². The van der Waals surface area contributed by atoms with Gasteiger partial charge in [-0.1, -0.05) is 12.1 Å². The van der Waals surface area contributed by atoms with Gasteiger partial charge in [0, 0.05) is 16.6 Å². The Hall–Kier alpha value is -3.84. The first-order valence-corrected chi connectivity index (χ1v) is 10.8. The molecule has 4 rings (SSSR count). The van der Waals surface area contributed by atoms with Gasteiger partial charge in [-0.2, -0.15) is 0 Å². The van der Waals surface area contributed by atoms with Gasteiger partial charge >= 0.3 is 0 Å². The molecule has 1 N–H and O–H groups in total. The Bertz CT molecular complexity index is 1190. The van der Waals surface area contributed by atoms with Gasteiger partial charge in [-0.15, -0.1) is 11.3 Å². The van der Waals surface area contributed by atoms with Gasteiger partial charge in [0.05, 0.1) is 26.3 Å². The van der Waals surface area contributed by atoms with E-state index >= 15 is 0 Å². The third kappa shape index (κ3) is 5.25. The predicted molar refractivity (Wildman–Crippen MR) is 126 cm³/mol. The molecule has 0 bridgehead atoms. The van der Waals surface area contributed by atoms with Crippen LogP contribution >= 0.6 is 11.3 Å². The van der Waals surface area contributed by atoms with Crippen LogP contribution in [0.1, 0.15) is 5.69 Å². The molecular weight excluding hydrogens is 424 g/mol. The zero-order valence-electron chi connectivity index (χ0n) is 17.7. The van der Waals surface area contributed by atoms with E-state index in [9.17, 15) is 4.79 Å². The molecule has 4 aromatic rings. The molecule has 0 aliphatic heterocycles. The minimum absolute atomic E-state index is 0.130. The molecule has 0 saturated carbocycles. The summed E-state index contributed by atoms with van der Waals surface area (Å²) in [5.74, 6) is 2.60. The van der Waals surface area contributed by atoms with Crippen LogP contribution in [-0.2, 0) is 11.2 Å². The predicted octanol–water partition coefficient (Wildman–Crippen LogP) is 5.80. The molecule has 1 aromatic heterocycles. The Morgan fingerprint density at radius 3 is 2.25 bits per heavy atom. The van der Waals surface area contributed by atoms with E-state index in [-0.39, 0.29) is 12.3 Å². The summed E-state index contributed by atoms with van der Waals surface area (Å²) in [6.07, 6.45) is 0.201. The lowest BCUT2D eigenvalue weighted by molar-refractivity contribution is -0.115. The number of nitrogens with one attached hydrogen (secondary N) is 1. The number of rotatable bonds is 8. The summed E-state index contributed by atoms with van der Waals surface area (Å²) in [7, 11) is 3.24. The number of hydrogen-bond acceptors (Lipinski definition) is 6. The van der Waals surface area contributed by atoms with E-state index in [1.54, 1.807) is 38.5 Å². The van der Waals surface area contributed by atoms with Crippen molar-refractivity contribution in [2.75, 3.05) is 19.5 Å². The summed E-state index contributed by atoms with van der Waals surface area (Å²) < 4.78 is 16.3. The van der Waals surface area contributed by atoms with Crippen LogP contribution < -0.4 is 19.5 Å². The van der Waals surface area contributed by atoms with Crippen LogP contribution in [0.25, 0.3) is 10.6 Å². The highest BCUT2D eigenvalue weighted by atomic mass is 32.1. The molecule has 1 heterocycles. The van der Waals surface area contributed by atoms with Crippen molar-refractivity contribution < 1.29 is 19.0 Å². The van der Waals surface area contributed by atoms with Gasteiger partial charge in [-0.05, 0) is 60.7 Å². The Balaban J connectivity index is 1.34. The van der Waals surface area contributed by atoms with E-state index in [1.807, 2.05) is 53.9 Å². The molecule has 7 heteroatoms. The van der Waals surface area contributed by atoms with Crippen molar-refractivity contribution >= 4 is 22.9 Å². The number of nitrogens with zero attached hydrogens (tertiary/aromatic N) is 1. The quantitative estimate of drug-likeness (QED) is 0.370. The molecular formula is C25H22N2O4S. The maximum Gasteiger partial charge on any atom is 0.230 e. The van der Waals surface area contributed by atoms with Gasteiger partial charge in [-0.25, -0.2) is 4.98 Å². The number of aromatic nitrogens is 1. The minimum atomic E-state index is -0.130. The summed E-state index contributed by atoms with van der Waals surface area (Å²) in [5, 5.41) is 5.67. The Labute approximate surface area is 190 Å². The number of para-hydroxylation sites is 2. The lowest BCUT2D eigenvalue weighted by Gasteiger charge is -2.10. The van der Waals surface area contributed by atoms with E-state index in [2.05, 4.69) is 10.3 Å². The van der Waals surface area contributed by atoms with Crippen LogP contribution in [0.4, 0.5) is 5.69 Å². The molecule has 0 fully saturated rings. The first kappa shape index (κ1) is 21.4. The van der Waals surface area contributed by atoms with Crippen LogP contribution in [0.15, 0.2) is 78.2 Å². The maximum absolute atomic E-state index is 12.5. The Kier molecular flexibility index (Phi) is 6.67. The second-order valence-corrected chi connectivity index (χ2v) is 7.73. The first-order chi connectivity index (χ1) is 15.6. The van der Waals surface area contributed by atoms with E-state index in [0.29, 0.717) is 22.9 Å². The fourth-order valence-corrected chi connectivity index (χ4v) is 3.89. The summed E-state index contributed by atoms with van der Waals surface area (Å²) in [5.41, 5.74) is 2.41. The molecule has 3 aromatic carbocycles. The summed E-state index contributed by atoms with van der Waals surface area (Å²) in [4.78, 5) is 17.0. The molecule has 162 valence electrons. The molecule has 0 saturated heterocycles. The largest absolute Gasteiger partial charge is 0.497 e. The van der Waals surface area contributed by atoms with E-state index in [0.717, 1.165) is 22.0 Å². The van der Waals surface area contributed by atoms with Crippen molar-refractivity contribution in [3.05, 3.63) is 83.9 Å². The molecule has 0 spiro atoms. The average Bonchev–Trinajstić information content (AvgIpc) is 3.29. The van der Waals surface area contributed by atoms with E-state index in [4.69, 9.17) is 14.2 Å².